The number of aromatic nitrogens is 1. The van der Waals surface area contributed by atoms with E-state index in [1.165, 1.54) is 71.9 Å². The number of para-hydroxylation sites is 2. The van der Waals surface area contributed by atoms with Gasteiger partial charge in [-0.1, -0.05) is 194 Å². The zero-order valence-corrected chi connectivity index (χ0v) is 34.1. The molecule has 11 rings (SSSR count). The quantitative estimate of drug-likeness (QED) is 0.141. The summed E-state index contributed by atoms with van der Waals surface area (Å²) in [6.07, 6.45) is 0. The van der Waals surface area contributed by atoms with Crippen molar-refractivity contribution in [3.8, 4) is 61.3 Å². The van der Waals surface area contributed by atoms with Crippen molar-refractivity contribution in [1.29, 1.82) is 0 Å². The van der Waals surface area contributed by atoms with Gasteiger partial charge in [0.05, 0.1) is 11.0 Å². The Morgan fingerprint density at radius 2 is 0.532 bits per heavy atom. The summed E-state index contributed by atoms with van der Waals surface area (Å²) in [6.45, 7) is 0. The highest BCUT2D eigenvalue weighted by Gasteiger charge is 2.18. The first-order valence-corrected chi connectivity index (χ1v) is 21.3. The van der Waals surface area contributed by atoms with Crippen LogP contribution in [0, 0.1) is 0 Å². The van der Waals surface area contributed by atoms with E-state index in [0.717, 1.165) is 28.3 Å². The summed E-state index contributed by atoms with van der Waals surface area (Å²) >= 11 is 0. The van der Waals surface area contributed by atoms with Gasteiger partial charge in [-0.3, -0.25) is 0 Å². The van der Waals surface area contributed by atoms with Crippen LogP contribution >= 0.6 is 0 Å². The fourth-order valence-electron chi connectivity index (χ4n) is 9.13. The lowest BCUT2D eigenvalue weighted by molar-refractivity contribution is 1.17. The minimum atomic E-state index is 1.08. The summed E-state index contributed by atoms with van der Waals surface area (Å²) in [5.74, 6) is 0. The van der Waals surface area contributed by atoms with Gasteiger partial charge in [0.25, 0.3) is 0 Å². The van der Waals surface area contributed by atoms with E-state index in [1.807, 2.05) is 0 Å². The molecule has 292 valence electrons. The summed E-state index contributed by atoms with van der Waals surface area (Å²) in [7, 11) is 0. The van der Waals surface area contributed by atoms with Crippen LogP contribution in [-0.4, -0.2) is 4.57 Å². The Morgan fingerprint density at radius 3 is 1.00 bits per heavy atom. The predicted molar refractivity (Wildman–Crippen MR) is 263 cm³/mol. The van der Waals surface area contributed by atoms with Crippen molar-refractivity contribution in [3.63, 3.8) is 0 Å². The van der Waals surface area contributed by atoms with Crippen LogP contribution in [0.15, 0.2) is 255 Å². The maximum Gasteiger partial charge on any atom is 0.0541 e. The Hall–Kier alpha value is -8.20. The maximum atomic E-state index is 2.37. The van der Waals surface area contributed by atoms with Gasteiger partial charge < -0.3 is 9.47 Å². The van der Waals surface area contributed by atoms with Gasteiger partial charge in [-0.05, 0) is 116 Å². The smallest absolute Gasteiger partial charge is 0.0541 e. The Labute approximate surface area is 362 Å². The molecule has 1 heterocycles. The first-order chi connectivity index (χ1) is 30.8. The molecule has 11 aromatic rings. The standard InChI is InChI=1S/C60H42N2/c1-3-17-43(18-4-1)44-31-35-47(36-32-44)61(49-39-41-50(42-40-49)62-59-29-15-13-27-57(59)58-28-14-16-30-60(58)62)48-37-33-46(34-38-48)52-22-8-10-24-54(52)56-26-12-11-25-55(56)53-23-9-7-21-51(53)45-19-5-2-6-20-45/h1-42H. The van der Waals surface area contributed by atoms with Crippen LogP contribution < -0.4 is 4.90 Å². The molecule has 0 saturated heterocycles. The Balaban J connectivity index is 0.990. The molecular formula is C60H42N2. The molecule has 0 saturated carbocycles. The molecule has 10 aromatic carbocycles. The first kappa shape index (κ1) is 36.8. The van der Waals surface area contributed by atoms with E-state index in [9.17, 15) is 0 Å². The normalized spacial score (nSPS) is 11.2. The Morgan fingerprint density at radius 1 is 0.226 bits per heavy atom. The fraction of sp³-hybridized carbons (Fsp3) is 0. The van der Waals surface area contributed by atoms with Gasteiger partial charge in [-0.15, -0.1) is 0 Å². The Kier molecular flexibility index (Phi) is 9.57. The minimum Gasteiger partial charge on any atom is -0.311 e. The highest BCUT2D eigenvalue weighted by atomic mass is 15.1. The number of nitrogens with zero attached hydrogens (tertiary/aromatic N) is 2. The molecule has 0 spiro atoms. The van der Waals surface area contributed by atoms with Crippen LogP contribution in [0.25, 0.3) is 83.1 Å². The van der Waals surface area contributed by atoms with Gasteiger partial charge in [-0.25, -0.2) is 0 Å². The number of rotatable bonds is 9. The third kappa shape index (κ3) is 6.74. The van der Waals surface area contributed by atoms with E-state index < -0.39 is 0 Å². The molecule has 0 N–H and O–H groups in total. The average molecular weight is 791 g/mol. The number of hydrogen-bond donors (Lipinski definition) is 0. The van der Waals surface area contributed by atoms with Crippen LogP contribution in [0.4, 0.5) is 17.1 Å². The molecule has 1 aromatic heterocycles. The molecule has 0 amide bonds. The number of fused-ring (bicyclic) bond motifs is 3. The van der Waals surface area contributed by atoms with Gasteiger partial charge in [0, 0.05) is 33.5 Å². The number of hydrogen-bond acceptors (Lipinski definition) is 1. The van der Waals surface area contributed by atoms with Crippen molar-refractivity contribution < 1.29 is 0 Å². The lowest BCUT2D eigenvalue weighted by atomic mass is 9.87. The molecule has 0 atom stereocenters. The van der Waals surface area contributed by atoms with Gasteiger partial charge in [0.2, 0.25) is 0 Å². The van der Waals surface area contributed by atoms with E-state index in [4.69, 9.17) is 0 Å². The second-order valence-corrected chi connectivity index (χ2v) is 15.7. The van der Waals surface area contributed by atoms with Crippen molar-refractivity contribution in [1.82, 2.24) is 4.57 Å². The van der Waals surface area contributed by atoms with Crippen molar-refractivity contribution >= 4 is 38.9 Å². The molecule has 0 aliphatic rings. The third-order valence-electron chi connectivity index (χ3n) is 12.1. The van der Waals surface area contributed by atoms with Gasteiger partial charge in [0.15, 0.2) is 0 Å². The van der Waals surface area contributed by atoms with Crippen LogP contribution in [0.2, 0.25) is 0 Å². The average Bonchev–Trinajstić information content (AvgIpc) is 3.70. The predicted octanol–water partition coefficient (Wildman–Crippen LogP) is 16.6. The SMILES string of the molecule is c1ccc(-c2ccc(N(c3ccc(-c4ccccc4-c4ccccc4-c4ccccc4-c4ccccc4)cc3)c3ccc(-n4c5ccccc5c5ccccc54)cc3)cc2)cc1. The fourth-order valence-corrected chi connectivity index (χ4v) is 9.13. The van der Waals surface area contributed by atoms with Crippen molar-refractivity contribution in [2.24, 2.45) is 0 Å². The molecule has 0 fully saturated rings. The van der Waals surface area contributed by atoms with Gasteiger partial charge in [0.1, 0.15) is 0 Å². The van der Waals surface area contributed by atoms with Crippen molar-refractivity contribution in [2.45, 2.75) is 0 Å². The van der Waals surface area contributed by atoms with E-state index >= 15 is 0 Å². The zero-order chi connectivity index (χ0) is 41.2. The summed E-state index contributed by atoms with van der Waals surface area (Å²) < 4.78 is 2.37. The second kappa shape index (κ2) is 16.1. The van der Waals surface area contributed by atoms with Crippen molar-refractivity contribution in [2.75, 3.05) is 4.90 Å². The van der Waals surface area contributed by atoms with E-state index in [0.29, 0.717) is 0 Å². The summed E-state index contributed by atoms with van der Waals surface area (Å²) in [6, 6.07) is 91.9. The Bertz CT molecular complexity index is 3260. The summed E-state index contributed by atoms with van der Waals surface area (Å²) in [5, 5.41) is 2.52. The molecule has 2 nitrogen and oxygen atoms in total. The molecule has 0 unspecified atom stereocenters. The molecule has 0 radical (unpaired) electrons. The minimum absolute atomic E-state index is 1.08. The zero-order valence-electron chi connectivity index (χ0n) is 34.1. The van der Waals surface area contributed by atoms with Gasteiger partial charge >= 0.3 is 0 Å². The molecular weight excluding hydrogens is 749 g/mol. The van der Waals surface area contributed by atoms with E-state index in [-0.39, 0.29) is 0 Å². The van der Waals surface area contributed by atoms with Crippen LogP contribution in [0.1, 0.15) is 0 Å². The number of benzene rings is 10. The number of anilines is 3. The van der Waals surface area contributed by atoms with Crippen LogP contribution in [0.5, 0.6) is 0 Å². The van der Waals surface area contributed by atoms with Crippen molar-refractivity contribution in [3.05, 3.63) is 255 Å². The lowest BCUT2D eigenvalue weighted by Gasteiger charge is -2.26. The van der Waals surface area contributed by atoms with E-state index in [1.54, 1.807) is 0 Å². The lowest BCUT2D eigenvalue weighted by Crippen LogP contribution is -2.10. The highest BCUT2D eigenvalue weighted by molar-refractivity contribution is 6.09. The molecule has 0 aliphatic carbocycles. The largest absolute Gasteiger partial charge is 0.311 e. The molecule has 0 aliphatic heterocycles. The molecule has 62 heavy (non-hydrogen) atoms. The van der Waals surface area contributed by atoms with Crippen LogP contribution in [-0.2, 0) is 0 Å². The molecule has 2 heteroatoms. The monoisotopic (exact) mass is 790 g/mol. The topological polar surface area (TPSA) is 8.17 Å². The third-order valence-corrected chi connectivity index (χ3v) is 12.1. The highest BCUT2D eigenvalue weighted by Crippen LogP contribution is 2.43. The second-order valence-electron chi connectivity index (χ2n) is 15.7. The van der Waals surface area contributed by atoms with E-state index in [2.05, 4.69) is 264 Å². The molecule has 0 bridgehead atoms. The van der Waals surface area contributed by atoms with Gasteiger partial charge in [-0.2, -0.15) is 0 Å². The summed E-state index contributed by atoms with van der Waals surface area (Å²) in [4.78, 5) is 2.36. The van der Waals surface area contributed by atoms with Crippen LogP contribution in [0.3, 0.4) is 0 Å². The first-order valence-electron chi connectivity index (χ1n) is 21.3. The maximum absolute atomic E-state index is 2.37. The summed E-state index contributed by atoms with van der Waals surface area (Å²) in [5.41, 5.74) is 18.8.